The summed E-state index contributed by atoms with van der Waals surface area (Å²) < 4.78 is 5.26. The van der Waals surface area contributed by atoms with Crippen molar-refractivity contribution >= 4 is 23.3 Å². The van der Waals surface area contributed by atoms with E-state index in [1.807, 2.05) is 31.2 Å². The third-order valence-corrected chi connectivity index (χ3v) is 4.31. The van der Waals surface area contributed by atoms with Crippen LogP contribution in [0, 0.1) is 23.0 Å². The van der Waals surface area contributed by atoms with Crippen molar-refractivity contribution in [3.63, 3.8) is 0 Å². The summed E-state index contributed by atoms with van der Waals surface area (Å²) in [5.74, 6) is -1.13. The largest absolute Gasteiger partial charge is 0.461 e. The number of nitro groups is 1. The zero-order chi connectivity index (χ0) is 18.7. The Morgan fingerprint density at radius 2 is 2.00 bits per heavy atom. The first-order valence-corrected chi connectivity index (χ1v) is 8.21. The van der Waals surface area contributed by atoms with Gasteiger partial charge in [0.15, 0.2) is 0 Å². The molecule has 1 saturated heterocycles. The van der Waals surface area contributed by atoms with E-state index in [4.69, 9.17) is 4.74 Å². The molecule has 7 heteroatoms. The number of aryl methyl sites for hydroxylation is 1. The van der Waals surface area contributed by atoms with Crippen molar-refractivity contribution in [2.75, 3.05) is 11.4 Å². The van der Waals surface area contributed by atoms with Crippen LogP contribution in [0.2, 0.25) is 0 Å². The molecule has 2 aromatic rings. The topological polar surface area (TPSA) is 89.8 Å². The van der Waals surface area contributed by atoms with Crippen molar-refractivity contribution in [2.24, 2.45) is 5.92 Å². The van der Waals surface area contributed by atoms with E-state index in [0.717, 1.165) is 11.3 Å². The second-order valence-electron chi connectivity index (χ2n) is 6.28. The molecule has 1 aliphatic rings. The lowest BCUT2D eigenvalue weighted by Gasteiger charge is -2.16. The predicted molar refractivity (Wildman–Crippen MR) is 94.5 cm³/mol. The van der Waals surface area contributed by atoms with Gasteiger partial charge in [-0.3, -0.25) is 19.7 Å². The Kier molecular flexibility index (Phi) is 4.97. The van der Waals surface area contributed by atoms with Crippen LogP contribution in [-0.4, -0.2) is 23.3 Å². The lowest BCUT2D eigenvalue weighted by molar-refractivity contribution is -0.384. The van der Waals surface area contributed by atoms with Crippen LogP contribution in [0.4, 0.5) is 11.4 Å². The number of non-ortho nitro benzene ring substituents is 1. The average molecular weight is 354 g/mol. The summed E-state index contributed by atoms with van der Waals surface area (Å²) in [5, 5.41) is 10.8. The number of esters is 1. The van der Waals surface area contributed by atoms with Crippen molar-refractivity contribution in [2.45, 2.75) is 20.0 Å². The summed E-state index contributed by atoms with van der Waals surface area (Å²) in [6.07, 6.45) is 0.0989. The number of nitro benzene ring substituents is 1. The Labute approximate surface area is 150 Å². The SMILES string of the molecule is Cc1ccc(N2C[C@H](C(=O)OCc3cccc([N+](=O)[O-])c3)CC2=O)cc1. The Bertz CT molecular complexity index is 847. The Morgan fingerprint density at radius 3 is 2.69 bits per heavy atom. The molecule has 134 valence electrons. The molecule has 1 heterocycles. The van der Waals surface area contributed by atoms with Crippen molar-refractivity contribution in [3.8, 4) is 0 Å². The first-order valence-electron chi connectivity index (χ1n) is 8.21. The van der Waals surface area contributed by atoms with E-state index in [0.29, 0.717) is 5.56 Å². The minimum atomic E-state index is -0.539. The highest BCUT2D eigenvalue weighted by Crippen LogP contribution is 2.26. The molecule has 26 heavy (non-hydrogen) atoms. The van der Waals surface area contributed by atoms with Crippen molar-refractivity contribution in [3.05, 3.63) is 69.8 Å². The molecule has 0 saturated carbocycles. The Morgan fingerprint density at radius 1 is 1.27 bits per heavy atom. The molecule has 3 rings (SSSR count). The molecule has 0 radical (unpaired) electrons. The van der Waals surface area contributed by atoms with Crippen LogP contribution in [0.15, 0.2) is 48.5 Å². The van der Waals surface area contributed by atoms with Crippen molar-refractivity contribution in [1.82, 2.24) is 0 Å². The standard InChI is InChI=1S/C19H18N2O5/c1-13-5-7-16(8-6-13)20-11-15(10-18(20)22)19(23)26-12-14-3-2-4-17(9-14)21(24)25/h2-9,15H,10-12H2,1H3/t15-/m1/s1. The van der Waals surface area contributed by atoms with E-state index < -0.39 is 16.8 Å². The molecule has 1 fully saturated rings. The third-order valence-electron chi connectivity index (χ3n) is 4.31. The number of ether oxygens (including phenoxy) is 1. The van der Waals surface area contributed by atoms with Crippen LogP contribution in [0.5, 0.6) is 0 Å². The van der Waals surface area contributed by atoms with Crippen LogP contribution in [0.3, 0.4) is 0 Å². The van der Waals surface area contributed by atoms with E-state index in [1.54, 1.807) is 17.0 Å². The second-order valence-corrected chi connectivity index (χ2v) is 6.28. The number of carbonyl (C=O) groups excluding carboxylic acids is 2. The van der Waals surface area contributed by atoms with Crippen LogP contribution < -0.4 is 4.90 Å². The summed E-state index contributed by atoms with van der Waals surface area (Å²) in [6.45, 7) is 2.18. The molecule has 7 nitrogen and oxygen atoms in total. The van der Waals surface area contributed by atoms with Gasteiger partial charge in [0, 0.05) is 30.8 Å². The van der Waals surface area contributed by atoms with Crippen molar-refractivity contribution in [1.29, 1.82) is 0 Å². The van der Waals surface area contributed by atoms with E-state index in [1.165, 1.54) is 12.1 Å². The smallest absolute Gasteiger partial charge is 0.311 e. The quantitative estimate of drug-likeness (QED) is 0.468. The van der Waals surface area contributed by atoms with Crippen LogP contribution >= 0.6 is 0 Å². The lowest BCUT2D eigenvalue weighted by atomic mass is 10.1. The summed E-state index contributed by atoms with van der Waals surface area (Å²) in [5.41, 5.74) is 2.33. The molecule has 1 aliphatic heterocycles. The number of rotatable bonds is 5. The maximum atomic E-state index is 12.3. The van der Waals surface area contributed by atoms with Crippen LogP contribution in [0.25, 0.3) is 0 Å². The molecule has 0 bridgehead atoms. The van der Waals surface area contributed by atoms with Gasteiger partial charge < -0.3 is 9.64 Å². The molecule has 0 aromatic heterocycles. The Hall–Kier alpha value is -3.22. The minimum absolute atomic E-state index is 0.0554. The summed E-state index contributed by atoms with van der Waals surface area (Å²) in [6, 6.07) is 13.5. The van der Waals surface area contributed by atoms with Gasteiger partial charge in [-0.15, -0.1) is 0 Å². The average Bonchev–Trinajstić information content (AvgIpc) is 3.02. The van der Waals surface area contributed by atoms with Gasteiger partial charge in [0.25, 0.3) is 5.69 Å². The van der Waals surface area contributed by atoms with Gasteiger partial charge in [0.2, 0.25) is 5.91 Å². The molecule has 2 aromatic carbocycles. The van der Waals surface area contributed by atoms with E-state index in [-0.39, 0.29) is 31.2 Å². The third kappa shape index (κ3) is 3.88. The summed E-state index contributed by atoms with van der Waals surface area (Å²) in [4.78, 5) is 36.4. The molecular formula is C19H18N2O5. The van der Waals surface area contributed by atoms with Gasteiger partial charge >= 0.3 is 5.97 Å². The maximum Gasteiger partial charge on any atom is 0.311 e. The molecular weight excluding hydrogens is 336 g/mol. The van der Waals surface area contributed by atoms with Gasteiger partial charge in [-0.05, 0) is 24.6 Å². The molecule has 0 unspecified atom stereocenters. The van der Waals surface area contributed by atoms with E-state index in [2.05, 4.69) is 0 Å². The molecule has 1 atom stereocenters. The first kappa shape index (κ1) is 17.6. The number of carbonyl (C=O) groups is 2. The van der Waals surface area contributed by atoms with Gasteiger partial charge in [-0.1, -0.05) is 29.8 Å². The fourth-order valence-electron chi connectivity index (χ4n) is 2.87. The fraction of sp³-hybridized carbons (Fsp3) is 0.263. The number of nitrogens with zero attached hydrogens (tertiary/aromatic N) is 2. The predicted octanol–water partition coefficient (Wildman–Crippen LogP) is 3.00. The van der Waals surface area contributed by atoms with Crippen LogP contribution in [-0.2, 0) is 20.9 Å². The van der Waals surface area contributed by atoms with Gasteiger partial charge in [-0.25, -0.2) is 0 Å². The highest BCUT2D eigenvalue weighted by molar-refractivity contribution is 5.99. The highest BCUT2D eigenvalue weighted by atomic mass is 16.6. The van der Waals surface area contributed by atoms with Gasteiger partial charge in [-0.2, -0.15) is 0 Å². The number of hydrogen-bond acceptors (Lipinski definition) is 5. The number of anilines is 1. The first-order chi connectivity index (χ1) is 12.4. The fourth-order valence-corrected chi connectivity index (χ4v) is 2.87. The van der Waals surface area contributed by atoms with Crippen molar-refractivity contribution < 1.29 is 19.2 Å². The van der Waals surface area contributed by atoms with E-state index in [9.17, 15) is 19.7 Å². The van der Waals surface area contributed by atoms with Gasteiger partial charge in [0.1, 0.15) is 6.61 Å². The molecule has 0 N–H and O–H groups in total. The zero-order valence-corrected chi connectivity index (χ0v) is 14.3. The number of hydrogen-bond donors (Lipinski definition) is 0. The van der Waals surface area contributed by atoms with Crippen LogP contribution in [0.1, 0.15) is 17.5 Å². The lowest BCUT2D eigenvalue weighted by Crippen LogP contribution is -2.26. The zero-order valence-electron chi connectivity index (χ0n) is 14.3. The molecule has 0 spiro atoms. The second kappa shape index (κ2) is 7.35. The van der Waals surface area contributed by atoms with E-state index >= 15 is 0 Å². The maximum absolute atomic E-state index is 12.3. The Balaban J connectivity index is 1.60. The minimum Gasteiger partial charge on any atom is -0.461 e. The number of amides is 1. The monoisotopic (exact) mass is 354 g/mol. The summed E-state index contributed by atoms with van der Waals surface area (Å²) >= 11 is 0. The van der Waals surface area contributed by atoms with Gasteiger partial charge in [0.05, 0.1) is 10.8 Å². The number of benzene rings is 2. The molecule has 1 amide bonds. The normalized spacial score (nSPS) is 16.6. The molecule has 0 aliphatic carbocycles. The highest BCUT2D eigenvalue weighted by Gasteiger charge is 2.36. The summed E-state index contributed by atoms with van der Waals surface area (Å²) in [7, 11) is 0.